The highest BCUT2D eigenvalue weighted by Gasteiger charge is 2.08. The highest BCUT2D eigenvalue weighted by atomic mass is 16.5. The Balaban J connectivity index is 2.06. The minimum absolute atomic E-state index is 0.110. The largest absolute Gasteiger partial charge is 0.436 e. The first-order valence-corrected chi connectivity index (χ1v) is 5.95. The van der Waals surface area contributed by atoms with Gasteiger partial charge in [-0.3, -0.25) is 4.98 Å². The van der Waals surface area contributed by atoms with E-state index in [2.05, 4.69) is 9.97 Å². The fraction of sp³-hybridized carbons (Fsp3) is 0.0667. The number of para-hydroxylation sites is 1. The standard InChI is InChI=1S/C15H12N2O2/c18-10-12-6-3-9-17-15(12)19-13-7-1-4-11-5-2-8-16-14(11)13/h1-9,18H,10H2. The third-order valence-electron chi connectivity index (χ3n) is 2.82. The molecule has 0 aliphatic carbocycles. The minimum Gasteiger partial charge on any atom is -0.436 e. The molecule has 0 spiro atoms. The number of fused-ring (bicyclic) bond motifs is 1. The molecule has 0 fully saturated rings. The van der Waals surface area contributed by atoms with Crippen molar-refractivity contribution in [3.63, 3.8) is 0 Å². The van der Waals surface area contributed by atoms with Gasteiger partial charge in [-0.05, 0) is 24.3 Å². The Kier molecular flexibility index (Phi) is 3.08. The van der Waals surface area contributed by atoms with Gasteiger partial charge < -0.3 is 9.84 Å². The van der Waals surface area contributed by atoms with E-state index < -0.39 is 0 Å². The molecule has 0 atom stereocenters. The van der Waals surface area contributed by atoms with Crippen molar-refractivity contribution in [1.29, 1.82) is 0 Å². The molecule has 0 aliphatic heterocycles. The van der Waals surface area contributed by atoms with Crippen LogP contribution in [0.2, 0.25) is 0 Å². The maximum atomic E-state index is 9.27. The zero-order valence-electron chi connectivity index (χ0n) is 10.2. The molecule has 0 aliphatic rings. The van der Waals surface area contributed by atoms with E-state index in [0.717, 1.165) is 10.9 Å². The van der Waals surface area contributed by atoms with Gasteiger partial charge in [-0.1, -0.05) is 18.2 Å². The molecule has 0 radical (unpaired) electrons. The molecular weight excluding hydrogens is 240 g/mol. The first-order chi connectivity index (χ1) is 9.38. The summed E-state index contributed by atoms with van der Waals surface area (Å²) in [6.45, 7) is -0.110. The predicted molar refractivity (Wildman–Crippen MR) is 72.0 cm³/mol. The molecule has 3 aromatic rings. The summed E-state index contributed by atoms with van der Waals surface area (Å²) in [4.78, 5) is 8.46. The lowest BCUT2D eigenvalue weighted by Gasteiger charge is -2.09. The number of rotatable bonds is 3. The lowest BCUT2D eigenvalue weighted by atomic mass is 10.2. The van der Waals surface area contributed by atoms with E-state index in [9.17, 15) is 5.11 Å². The Morgan fingerprint density at radius 2 is 1.74 bits per heavy atom. The average Bonchev–Trinajstić information content (AvgIpc) is 2.48. The van der Waals surface area contributed by atoms with Gasteiger partial charge in [-0.2, -0.15) is 0 Å². The van der Waals surface area contributed by atoms with E-state index in [-0.39, 0.29) is 6.61 Å². The van der Waals surface area contributed by atoms with Gasteiger partial charge in [-0.25, -0.2) is 4.98 Å². The second-order valence-electron chi connectivity index (χ2n) is 4.06. The Morgan fingerprint density at radius 1 is 0.947 bits per heavy atom. The van der Waals surface area contributed by atoms with Gasteiger partial charge in [0.05, 0.1) is 6.61 Å². The third-order valence-corrected chi connectivity index (χ3v) is 2.82. The van der Waals surface area contributed by atoms with Gasteiger partial charge in [0.25, 0.3) is 0 Å². The van der Waals surface area contributed by atoms with Crippen molar-refractivity contribution in [1.82, 2.24) is 9.97 Å². The number of benzene rings is 1. The fourth-order valence-electron chi connectivity index (χ4n) is 1.90. The SMILES string of the molecule is OCc1cccnc1Oc1cccc2cccnc12. The molecule has 2 heterocycles. The third kappa shape index (κ3) is 2.26. The summed E-state index contributed by atoms with van der Waals surface area (Å²) in [6, 6.07) is 13.1. The monoisotopic (exact) mass is 252 g/mol. The Morgan fingerprint density at radius 3 is 2.63 bits per heavy atom. The van der Waals surface area contributed by atoms with Gasteiger partial charge in [-0.15, -0.1) is 0 Å². The molecule has 0 saturated carbocycles. The van der Waals surface area contributed by atoms with Crippen LogP contribution in [0, 0.1) is 0 Å². The highest BCUT2D eigenvalue weighted by Crippen LogP contribution is 2.28. The maximum absolute atomic E-state index is 9.27. The number of ether oxygens (including phenoxy) is 1. The number of hydrogen-bond donors (Lipinski definition) is 1. The molecular formula is C15H12N2O2. The second-order valence-corrected chi connectivity index (χ2v) is 4.06. The Bertz CT molecular complexity index is 708. The van der Waals surface area contributed by atoms with Crippen LogP contribution in [0.25, 0.3) is 10.9 Å². The summed E-state index contributed by atoms with van der Waals surface area (Å²) >= 11 is 0. The number of aliphatic hydroxyl groups excluding tert-OH is 1. The summed E-state index contributed by atoms with van der Waals surface area (Å²) < 4.78 is 5.78. The van der Waals surface area contributed by atoms with Crippen molar-refractivity contribution in [2.24, 2.45) is 0 Å². The first-order valence-electron chi connectivity index (χ1n) is 5.95. The second kappa shape index (κ2) is 5.04. The van der Waals surface area contributed by atoms with Crippen LogP contribution in [0.3, 0.4) is 0 Å². The van der Waals surface area contributed by atoms with Crippen molar-refractivity contribution in [2.45, 2.75) is 6.61 Å². The van der Waals surface area contributed by atoms with Gasteiger partial charge in [0.15, 0.2) is 5.75 Å². The summed E-state index contributed by atoms with van der Waals surface area (Å²) in [5.74, 6) is 1.04. The number of aliphatic hydroxyl groups is 1. The van der Waals surface area contributed by atoms with E-state index in [1.807, 2.05) is 30.3 Å². The normalized spacial score (nSPS) is 10.6. The van der Waals surface area contributed by atoms with Crippen LogP contribution in [0.1, 0.15) is 5.56 Å². The van der Waals surface area contributed by atoms with Gasteiger partial charge in [0.1, 0.15) is 5.52 Å². The molecule has 0 bridgehead atoms. The van der Waals surface area contributed by atoms with E-state index in [1.54, 1.807) is 24.5 Å². The topological polar surface area (TPSA) is 55.2 Å². The summed E-state index contributed by atoms with van der Waals surface area (Å²) in [6.07, 6.45) is 3.35. The number of hydrogen-bond acceptors (Lipinski definition) is 4. The summed E-state index contributed by atoms with van der Waals surface area (Å²) in [5.41, 5.74) is 1.43. The van der Waals surface area contributed by atoms with Crippen LogP contribution in [0.4, 0.5) is 0 Å². The van der Waals surface area contributed by atoms with Crippen molar-refractivity contribution in [3.8, 4) is 11.6 Å². The van der Waals surface area contributed by atoms with Gasteiger partial charge in [0.2, 0.25) is 5.88 Å². The summed E-state index contributed by atoms with van der Waals surface area (Å²) in [7, 11) is 0. The number of nitrogens with zero attached hydrogens (tertiary/aromatic N) is 2. The zero-order chi connectivity index (χ0) is 13.1. The van der Waals surface area contributed by atoms with Crippen molar-refractivity contribution >= 4 is 10.9 Å². The van der Waals surface area contributed by atoms with Crippen molar-refractivity contribution in [2.75, 3.05) is 0 Å². The van der Waals surface area contributed by atoms with E-state index in [0.29, 0.717) is 17.2 Å². The lowest BCUT2D eigenvalue weighted by Crippen LogP contribution is -1.95. The van der Waals surface area contributed by atoms with Crippen LogP contribution in [-0.4, -0.2) is 15.1 Å². The molecule has 19 heavy (non-hydrogen) atoms. The van der Waals surface area contributed by atoms with Crippen LogP contribution < -0.4 is 4.74 Å². The molecule has 1 aromatic carbocycles. The summed E-state index contributed by atoms with van der Waals surface area (Å²) in [5, 5.41) is 10.3. The molecule has 2 aromatic heterocycles. The zero-order valence-corrected chi connectivity index (χ0v) is 10.2. The van der Waals surface area contributed by atoms with Gasteiger partial charge >= 0.3 is 0 Å². The molecule has 3 rings (SSSR count). The Labute approximate surface area is 110 Å². The number of aromatic nitrogens is 2. The highest BCUT2D eigenvalue weighted by molar-refractivity contribution is 5.84. The van der Waals surface area contributed by atoms with E-state index in [4.69, 9.17) is 4.74 Å². The fourth-order valence-corrected chi connectivity index (χ4v) is 1.90. The van der Waals surface area contributed by atoms with Crippen LogP contribution >= 0.6 is 0 Å². The van der Waals surface area contributed by atoms with Crippen LogP contribution in [0.5, 0.6) is 11.6 Å². The molecule has 4 heteroatoms. The van der Waals surface area contributed by atoms with Crippen molar-refractivity contribution in [3.05, 3.63) is 60.4 Å². The molecule has 0 amide bonds. The van der Waals surface area contributed by atoms with Crippen molar-refractivity contribution < 1.29 is 9.84 Å². The van der Waals surface area contributed by atoms with Gasteiger partial charge in [0, 0.05) is 23.3 Å². The first kappa shape index (κ1) is 11.6. The predicted octanol–water partition coefficient (Wildman–Crippen LogP) is 2.91. The average molecular weight is 252 g/mol. The number of pyridine rings is 2. The molecule has 94 valence electrons. The smallest absolute Gasteiger partial charge is 0.224 e. The molecule has 0 saturated heterocycles. The van der Waals surface area contributed by atoms with E-state index >= 15 is 0 Å². The quantitative estimate of drug-likeness (QED) is 0.778. The van der Waals surface area contributed by atoms with Crippen LogP contribution in [-0.2, 0) is 6.61 Å². The maximum Gasteiger partial charge on any atom is 0.224 e. The lowest BCUT2D eigenvalue weighted by molar-refractivity contribution is 0.275. The molecule has 0 unspecified atom stereocenters. The Hall–Kier alpha value is -2.46. The molecule has 4 nitrogen and oxygen atoms in total. The van der Waals surface area contributed by atoms with Crippen LogP contribution in [0.15, 0.2) is 54.9 Å². The molecule has 1 N–H and O–H groups in total. The van der Waals surface area contributed by atoms with E-state index in [1.165, 1.54) is 0 Å². The minimum atomic E-state index is -0.110.